The van der Waals surface area contributed by atoms with E-state index in [4.69, 9.17) is 0 Å². The minimum atomic E-state index is 0.446. The van der Waals surface area contributed by atoms with E-state index >= 15 is 0 Å². The van der Waals surface area contributed by atoms with Crippen LogP contribution in [0.1, 0.15) is 0 Å². The minimum Gasteiger partial charge on any atom is -0.342 e. The van der Waals surface area contributed by atoms with Crippen molar-refractivity contribution >= 4 is 25.0 Å². The Morgan fingerprint density at radius 3 is 2.45 bits per heavy atom. The van der Waals surface area contributed by atoms with Gasteiger partial charge in [-0.25, -0.2) is 0 Å². The third-order valence-corrected chi connectivity index (χ3v) is 3.52. The van der Waals surface area contributed by atoms with Gasteiger partial charge < -0.3 is 9.80 Å². The summed E-state index contributed by atoms with van der Waals surface area (Å²) in [5.74, 6) is 0.770. The van der Waals surface area contributed by atoms with Crippen LogP contribution in [0, 0.1) is 0 Å². The number of amides is 1. The van der Waals surface area contributed by atoms with Crippen molar-refractivity contribution in [3.63, 3.8) is 0 Å². The van der Waals surface area contributed by atoms with Gasteiger partial charge in [-0.05, 0) is 12.1 Å². The summed E-state index contributed by atoms with van der Waals surface area (Å²) < 4.78 is 1.79. The molecule has 0 aliphatic carbocycles. The van der Waals surface area contributed by atoms with Crippen LogP contribution >= 0.6 is 12.6 Å². The van der Waals surface area contributed by atoms with Gasteiger partial charge in [-0.2, -0.15) is 9.67 Å². The maximum atomic E-state index is 10.8. The molecule has 1 aliphatic rings. The predicted molar refractivity (Wildman–Crippen MR) is 78.5 cm³/mol. The summed E-state index contributed by atoms with van der Waals surface area (Å²) in [6.07, 6.45) is 0.892. The molecule has 1 amide bonds. The Morgan fingerprint density at radius 2 is 1.80 bits per heavy atom. The Labute approximate surface area is 122 Å². The van der Waals surface area contributed by atoms with E-state index in [0.29, 0.717) is 18.2 Å². The number of rotatable bonds is 3. The van der Waals surface area contributed by atoms with Crippen molar-refractivity contribution in [2.24, 2.45) is 0 Å². The summed E-state index contributed by atoms with van der Waals surface area (Å²) in [6.45, 7) is 2.90. The van der Waals surface area contributed by atoms with Crippen LogP contribution in [0.3, 0.4) is 0 Å². The topological polar surface area (TPSA) is 54.3 Å². The molecule has 0 radical (unpaired) electrons. The zero-order chi connectivity index (χ0) is 13.9. The number of nitrogens with zero attached hydrogens (tertiary/aromatic N) is 5. The molecule has 1 aliphatic heterocycles. The molecule has 20 heavy (non-hydrogen) atoms. The fourth-order valence-corrected chi connectivity index (χ4v) is 2.45. The van der Waals surface area contributed by atoms with Crippen LogP contribution in [0.5, 0.6) is 0 Å². The summed E-state index contributed by atoms with van der Waals surface area (Å²) >= 11 is 4.24. The molecule has 1 fully saturated rings. The smallest absolute Gasteiger partial charge is 0.229 e. The van der Waals surface area contributed by atoms with Gasteiger partial charge in [-0.3, -0.25) is 4.79 Å². The molecular weight excluding hydrogens is 274 g/mol. The molecule has 1 aromatic heterocycles. The fourth-order valence-electron chi connectivity index (χ4n) is 2.27. The number of benzene rings is 1. The molecule has 2 heterocycles. The molecule has 6 nitrogen and oxygen atoms in total. The number of para-hydroxylation sites is 1. The second-order valence-electron chi connectivity index (χ2n) is 4.59. The van der Waals surface area contributed by atoms with Crippen molar-refractivity contribution in [3.8, 4) is 5.69 Å². The first-order valence-corrected chi connectivity index (χ1v) is 6.88. The number of hydrogen-bond acceptors (Lipinski definition) is 5. The van der Waals surface area contributed by atoms with Gasteiger partial charge in [-0.15, -0.1) is 17.7 Å². The Hall–Kier alpha value is -2.02. The number of piperazine rings is 1. The molecule has 0 bridgehead atoms. The van der Waals surface area contributed by atoms with Crippen molar-refractivity contribution in [2.75, 3.05) is 31.1 Å². The lowest BCUT2D eigenvalue weighted by Crippen LogP contribution is -2.46. The lowest BCUT2D eigenvalue weighted by atomic mass is 10.3. The molecule has 0 spiro atoms. The van der Waals surface area contributed by atoms with Gasteiger partial charge in [0.25, 0.3) is 0 Å². The van der Waals surface area contributed by atoms with Crippen molar-refractivity contribution in [3.05, 3.63) is 30.3 Å². The van der Waals surface area contributed by atoms with Crippen LogP contribution in [0.2, 0.25) is 0 Å². The van der Waals surface area contributed by atoms with Gasteiger partial charge in [0.1, 0.15) is 0 Å². The highest BCUT2D eigenvalue weighted by Gasteiger charge is 2.21. The maximum absolute atomic E-state index is 10.8. The zero-order valence-electron chi connectivity index (χ0n) is 10.9. The zero-order valence-corrected chi connectivity index (χ0v) is 11.8. The van der Waals surface area contributed by atoms with E-state index in [2.05, 4.69) is 27.6 Å². The first-order chi connectivity index (χ1) is 9.78. The summed E-state index contributed by atoms with van der Waals surface area (Å²) in [7, 11) is 0. The number of carbonyl (C=O) groups is 1. The average Bonchev–Trinajstić information content (AvgIpc) is 2.90. The van der Waals surface area contributed by atoms with Crippen LogP contribution in [-0.4, -0.2) is 52.3 Å². The molecule has 3 rings (SSSR count). The molecule has 1 aromatic carbocycles. The molecule has 104 valence electrons. The van der Waals surface area contributed by atoms with Crippen molar-refractivity contribution < 1.29 is 4.79 Å². The molecule has 2 aromatic rings. The Kier molecular flexibility index (Phi) is 3.60. The van der Waals surface area contributed by atoms with Gasteiger partial charge in [0, 0.05) is 26.2 Å². The summed E-state index contributed by atoms with van der Waals surface area (Å²) in [5.41, 5.74) is 0.952. The highest BCUT2D eigenvalue weighted by Crippen LogP contribution is 2.20. The van der Waals surface area contributed by atoms with Gasteiger partial charge in [0.15, 0.2) is 0 Å². The first kappa shape index (κ1) is 13.0. The van der Waals surface area contributed by atoms with Gasteiger partial charge >= 0.3 is 0 Å². The van der Waals surface area contributed by atoms with Crippen LogP contribution in [0.4, 0.5) is 5.95 Å². The number of thiol groups is 1. The van der Waals surface area contributed by atoms with Gasteiger partial charge in [0.2, 0.25) is 17.5 Å². The fraction of sp³-hybridized carbons (Fsp3) is 0.308. The lowest BCUT2D eigenvalue weighted by Gasteiger charge is -2.32. The van der Waals surface area contributed by atoms with Crippen molar-refractivity contribution in [1.29, 1.82) is 0 Å². The van der Waals surface area contributed by atoms with Crippen molar-refractivity contribution in [1.82, 2.24) is 19.7 Å². The van der Waals surface area contributed by atoms with E-state index in [1.165, 1.54) is 0 Å². The van der Waals surface area contributed by atoms with Crippen molar-refractivity contribution in [2.45, 2.75) is 5.16 Å². The van der Waals surface area contributed by atoms with Gasteiger partial charge in [0.05, 0.1) is 5.69 Å². The second kappa shape index (κ2) is 5.54. The number of hydrogen-bond donors (Lipinski definition) is 1. The van der Waals surface area contributed by atoms with E-state index in [0.717, 1.165) is 31.1 Å². The number of carbonyl (C=O) groups excluding carboxylic acids is 1. The highest BCUT2D eigenvalue weighted by molar-refractivity contribution is 7.80. The average molecular weight is 289 g/mol. The number of anilines is 1. The van der Waals surface area contributed by atoms with E-state index < -0.39 is 0 Å². The number of aromatic nitrogens is 3. The largest absolute Gasteiger partial charge is 0.342 e. The molecule has 0 N–H and O–H groups in total. The predicted octanol–water partition coefficient (Wildman–Crippen LogP) is 0.834. The second-order valence-corrected chi connectivity index (χ2v) is 4.99. The molecular formula is C13H15N5OS. The standard InChI is InChI=1S/C13H15N5OS/c19-10-16-6-8-17(9-7-16)13-14-12(20)15-18(13)11-4-2-1-3-5-11/h1-5,10H,6-9H2,(H,15,20). The maximum Gasteiger partial charge on any atom is 0.229 e. The molecule has 7 heteroatoms. The minimum absolute atomic E-state index is 0.446. The highest BCUT2D eigenvalue weighted by atomic mass is 32.1. The molecule has 0 saturated carbocycles. The molecule has 1 saturated heterocycles. The SMILES string of the molecule is O=CN1CCN(c2nc(S)nn2-c2ccccc2)CC1. The van der Waals surface area contributed by atoms with Gasteiger partial charge in [-0.1, -0.05) is 18.2 Å². The monoisotopic (exact) mass is 289 g/mol. The van der Waals surface area contributed by atoms with Crippen LogP contribution < -0.4 is 4.90 Å². The lowest BCUT2D eigenvalue weighted by molar-refractivity contribution is -0.118. The Bertz CT molecular complexity index is 592. The normalized spacial score (nSPS) is 15.4. The summed E-state index contributed by atoms with van der Waals surface area (Å²) in [6, 6.07) is 9.84. The van der Waals surface area contributed by atoms with Crippen LogP contribution in [0.15, 0.2) is 35.5 Å². The summed E-state index contributed by atoms with van der Waals surface area (Å²) in [5, 5.41) is 4.79. The molecule has 0 unspecified atom stereocenters. The summed E-state index contributed by atoms with van der Waals surface area (Å²) in [4.78, 5) is 19.0. The Balaban J connectivity index is 1.89. The quantitative estimate of drug-likeness (QED) is 0.672. The first-order valence-electron chi connectivity index (χ1n) is 6.43. The Morgan fingerprint density at radius 1 is 1.10 bits per heavy atom. The third kappa shape index (κ3) is 2.49. The van der Waals surface area contributed by atoms with E-state index in [-0.39, 0.29) is 0 Å². The van der Waals surface area contributed by atoms with E-state index in [1.54, 1.807) is 9.58 Å². The van der Waals surface area contributed by atoms with Crippen LogP contribution in [-0.2, 0) is 4.79 Å². The van der Waals surface area contributed by atoms with Crippen LogP contribution in [0.25, 0.3) is 5.69 Å². The van der Waals surface area contributed by atoms with E-state index in [9.17, 15) is 4.79 Å². The third-order valence-electron chi connectivity index (χ3n) is 3.33. The van der Waals surface area contributed by atoms with E-state index in [1.807, 2.05) is 30.3 Å². The molecule has 0 atom stereocenters.